The van der Waals surface area contributed by atoms with E-state index in [1.165, 1.54) is 25.3 Å². The molecule has 3 aliphatic rings. The quantitative estimate of drug-likeness (QED) is 0.138. The number of benzene rings is 1. The molecule has 1 aromatic carbocycles. The first-order chi connectivity index (χ1) is 26.5. The molecule has 0 aliphatic carbocycles. The summed E-state index contributed by atoms with van der Waals surface area (Å²) in [6.07, 6.45) is 10.2. The monoisotopic (exact) mass is 736 g/mol. The molecule has 7 heterocycles. The third kappa shape index (κ3) is 5.99. The number of carbonyl (C=O) groups is 3. The lowest BCUT2D eigenvalue weighted by molar-refractivity contribution is -0.155. The highest BCUT2D eigenvalue weighted by atomic mass is 16.7. The summed E-state index contributed by atoms with van der Waals surface area (Å²) in [6.45, 7) is 10.3. The van der Waals surface area contributed by atoms with Gasteiger partial charge in [0.2, 0.25) is 0 Å². The first kappa shape index (κ1) is 35.9. The highest BCUT2D eigenvalue weighted by Crippen LogP contribution is 2.39. The molecule has 0 saturated carbocycles. The van der Waals surface area contributed by atoms with Crippen LogP contribution < -0.4 is 10.7 Å². The Kier molecular flexibility index (Phi) is 9.13. The Labute approximate surface area is 318 Å². The number of methoxy groups -OCH3 is 1. The lowest BCUT2D eigenvalue weighted by atomic mass is 9.82. The maximum atomic E-state index is 14.3. The van der Waals surface area contributed by atoms with E-state index in [0.717, 1.165) is 67.7 Å². The number of hydrogen-bond donors (Lipinski definition) is 3. The predicted octanol–water partition coefficient (Wildman–Crippen LogP) is 6.01. The van der Waals surface area contributed by atoms with Gasteiger partial charge in [-0.15, -0.1) is 5.06 Å². The van der Waals surface area contributed by atoms with Crippen LogP contribution in [0.4, 0.5) is 0 Å². The second-order valence-electron chi connectivity index (χ2n) is 14.6. The number of nitrogens with one attached hydrogen (secondary N) is 3. The first-order valence-corrected chi connectivity index (χ1v) is 18.7. The minimum absolute atomic E-state index is 0.138. The number of esters is 1. The number of allylic oxidation sites excluding steroid dienone is 1. The number of rotatable bonds is 7. The van der Waals surface area contributed by atoms with Gasteiger partial charge >= 0.3 is 5.97 Å². The molecule has 11 nitrogen and oxygen atoms in total. The molecule has 5 aromatic rings. The van der Waals surface area contributed by atoms with Crippen LogP contribution in [0, 0.1) is 32.6 Å². The highest BCUT2D eigenvalue weighted by molar-refractivity contribution is 6.46. The molecule has 280 valence electrons. The topological polar surface area (TPSA) is 146 Å². The van der Waals surface area contributed by atoms with Crippen LogP contribution in [0.15, 0.2) is 47.1 Å². The number of hydroxylamine groups is 2. The SMILES string of the molecule is CCc1c2[nH]c(c1C)Cc1[nH]c(c(C)c1/C=C/c1ccc3ccccc3n1)C=C1N=C(C3=c4[nH]c(c(C)c4C(=O)N(OC)C3=O)=C2)[C@@H](CCC(=O)OC)[C@@H]1C. The highest BCUT2D eigenvalue weighted by Gasteiger charge is 2.43. The average Bonchev–Trinajstić information content (AvgIpc) is 3.86. The van der Waals surface area contributed by atoms with Crippen LogP contribution in [0.2, 0.25) is 0 Å². The lowest BCUT2D eigenvalue weighted by Gasteiger charge is -2.25. The van der Waals surface area contributed by atoms with Crippen LogP contribution in [0.5, 0.6) is 0 Å². The van der Waals surface area contributed by atoms with Crippen molar-refractivity contribution in [3.8, 4) is 0 Å². The van der Waals surface area contributed by atoms with Crippen molar-refractivity contribution in [3.05, 3.63) is 115 Å². The number of fused-ring (bicyclic) bond motifs is 8. The number of aliphatic imine (C=N–C) groups is 1. The maximum absolute atomic E-state index is 14.3. The fourth-order valence-corrected chi connectivity index (χ4v) is 8.44. The van der Waals surface area contributed by atoms with Crippen molar-refractivity contribution >= 4 is 64.3 Å². The molecular formula is C44H44N6O5. The summed E-state index contributed by atoms with van der Waals surface area (Å²) in [4.78, 5) is 67.0. The fourth-order valence-electron chi connectivity index (χ4n) is 8.44. The largest absolute Gasteiger partial charge is 0.469 e. The molecule has 0 spiro atoms. The summed E-state index contributed by atoms with van der Waals surface area (Å²) in [7, 11) is 2.68. The van der Waals surface area contributed by atoms with Crippen LogP contribution in [-0.2, 0) is 32.0 Å². The summed E-state index contributed by atoms with van der Waals surface area (Å²) in [5.41, 5.74) is 12.7. The van der Waals surface area contributed by atoms with Gasteiger partial charge in [-0.2, -0.15) is 0 Å². The molecule has 2 atom stereocenters. The number of aromatic nitrogens is 4. The van der Waals surface area contributed by atoms with E-state index in [1.807, 2.05) is 37.3 Å². The van der Waals surface area contributed by atoms with Gasteiger partial charge in [-0.1, -0.05) is 44.2 Å². The molecule has 0 unspecified atom stereocenters. The zero-order valence-electron chi connectivity index (χ0n) is 32.1. The Morgan fingerprint density at radius 3 is 2.47 bits per heavy atom. The van der Waals surface area contributed by atoms with Gasteiger partial charge < -0.3 is 19.7 Å². The summed E-state index contributed by atoms with van der Waals surface area (Å²) >= 11 is 0. The number of carbonyl (C=O) groups excluding carboxylic acids is 3. The zero-order chi connectivity index (χ0) is 38.7. The number of ether oxygens (including phenoxy) is 1. The number of pyridine rings is 1. The number of para-hydroxylation sites is 1. The van der Waals surface area contributed by atoms with Gasteiger partial charge in [0, 0.05) is 63.9 Å². The smallest absolute Gasteiger partial charge is 0.305 e. The van der Waals surface area contributed by atoms with Crippen LogP contribution in [0.1, 0.15) is 93.3 Å². The second kappa shape index (κ2) is 14.0. The van der Waals surface area contributed by atoms with Gasteiger partial charge in [-0.05, 0) is 91.8 Å². The van der Waals surface area contributed by atoms with E-state index in [2.05, 4.69) is 73.0 Å². The van der Waals surface area contributed by atoms with Gasteiger partial charge in [0.25, 0.3) is 11.8 Å². The molecular weight excluding hydrogens is 693 g/mol. The number of nitrogens with zero attached hydrogens (tertiary/aromatic N) is 3. The molecule has 3 N–H and O–H groups in total. The van der Waals surface area contributed by atoms with E-state index in [1.54, 1.807) is 0 Å². The molecule has 8 rings (SSSR count). The van der Waals surface area contributed by atoms with Crippen molar-refractivity contribution in [3.63, 3.8) is 0 Å². The lowest BCUT2D eigenvalue weighted by Crippen LogP contribution is -2.47. The van der Waals surface area contributed by atoms with E-state index in [-0.39, 0.29) is 29.8 Å². The second-order valence-corrected chi connectivity index (χ2v) is 14.6. The minimum Gasteiger partial charge on any atom is -0.469 e. The van der Waals surface area contributed by atoms with Crippen LogP contribution in [0.3, 0.4) is 0 Å². The third-order valence-electron chi connectivity index (χ3n) is 11.6. The van der Waals surface area contributed by atoms with Crippen molar-refractivity contribution in [1.82, 2.24) is 25.0 Å². The summed E-state index contributed by atoms with van der Waals surface area (Å²) in [5.74, 6) is -2.01. The Balaban J connectivity index is 1.38. The Hall–Kier alpha value is -6.07. The van der Waals surface area contributed by atoms with Crippen molar-refractivity contribution in [1.29, 1.82) is 0 Å². The van der Waals surface area contributed by atoms with Crippen molar-refractivity contribution in [2.75, 3.05) is 14.2 Å². The Morgan fingerprint density at radius 1 is 0.927 bits per heavy atom. The molecule has 55 heavy (non-hydrogen) atoms. The fraction of sp³-hybridized carbons (Fsp3) is 0.295. The zero-order valence-corrected chi connectivity index (χ0v) is 32.1. The Bertz CT molecular complexity index is 2670. The minimum atomic E-state index is -0.607. The summed E-state index contributed by atoms with van der Waals surface area (Å²) < 4.78 is 5.02. The third-order valence-corrected chi connectivity index (χ3v) is 11.6. The standard InChI is InChI=1S/C44H44N6O5/c1-8-28-22(2)33-20-37-29(16-15-27-14-13-26-11-9-10-12-31(26)45-27)23(3)32(47-37)19-34-24(4)30(17-18-38(51)54-6)41(48-34)40-42-39(43(52)50(55-7)44(40)53)25(5)35(49-42)21-36(28)46-33/h9-16,19,21,24,30,46-47,49H,8,17-18,20H2,1-7H3/b16-15+,34-19?,35-21?/t24-,30-/m0/s1. The molecule has 4 aromatic heterocycles. The van der Waals surface area contributed by atoms with Crippen molar-refractivity contribution in [2.24, 2.45) is 16.8 Å². The van der Waals surface area contributed by atoms with E-state index in [9.17, 15) is 14.4 Å². The molecule has 2 amide bonds. The van der Waals surface area contributed by atoms with E-state index in [4.69, 9.17) is 19.6 Å². The number of amides is 2. The Morgan fingerprint density at radius 2 is 1.71 bits per heavy atom. The summed E-state index contributed by atoms with van der Waals surface area (Å²) in [5, 5.41) is 3.00. The van der Waals surface area contributed by atoms with E-state index in [0.29, 0.717) is 40.4 Å². The van der Waals surface area contributed by atoms with Gasteiger partial charge in [-0.3, -0.25) is 24.2 Å². The van der Waals surface area contributed by atoms with Crippen molar-refractivity contribution < 1.29 is 24.0 Å². The maximum Gasteiger partial charge on any atom is 0.305 e. The van der Waals surface area contributed by atoms with E-state index >= 15 is 0 Å². The van der Waals surface area contributed by atoms with E-state index < -0.39 is 11.8 Å². The molecule has 8 bridgehead atoms. The molecule has 3 aliphatic heterocycles. The van der Waals surface area contributed by atoms with Crippen molar-refractivity contribution in [2.45, 2.75) is 60.3 Å². The molecule has 0 radical (unpaired) electrons. The number of imide groups is 1. The van der Waals surface area contributed by atoms with Gasteiger partial charge in [0.15, 0.2) is 0 Å². The predicted molar refractivity (Wildman–Crippen MR) is 213 cm³/mol. The number of H-pyrrole nitrogens is 3. The molecule has 0 saturated heterocycles. The molecule has 11 heteroatoms. The van der Waals surface area contributed by atoms with Crippen LogP contribution in [0.25, 0.3) is 40.8 Å². The van der Waals surface area contributed by atoms with Gasteiger partial charge in [0.05, 0.1) is 47.6 Å². The number of hydrogen-bond acceptors (Lipinski definition) is 7. The van der Waals surface area contributed by atoms with Gasteiger partial charge in [0.1, 0.15) is 0 Å². The average molecular weight is 737 g/mol. The normalized spacial score (nSPS) is 17.9. The molecule has 0 fully saturated rings. The van der Waals surface area contributed by atoms with Crippen LogP contribution >= 0.6 is 0 Å². The van der Waals surface area contributed by atoms with Gasteiger partial charge in [-0.25, -0.2) is 4.98 Å². The number of aromatic amines is 3. The first-order valence-electron chi connectivity index (χ1n) is 18.7. The summed E-state index contributed by atoms with van der Waals surface area (Å²) in [6, 6.07) is 12.2. The van der Waals surface area contributed by atoms with Crippen LogP contribution in [-0.4, -0.2) is 62.7 Å².